The van der Waals surface area contributed by atoms with Gasteiger partial charge >= 0.3 is 5.97 Å². The van der Waals surface area contributed by atoms with Gasteiger partial charge in [-0.1, -0.05) is 34.5 Å². The van der Waals surface area contributed by atoms with Crippen LogP contribution in [0.2, 0.25) is 5.02 Å². The van der Waals surface area contributed by atoms with Crippen LogP contribution in [-0.4, -0.2) is 53.1 Å². The fraction of sp³-hybridized carbons (Fsp3) is 0.562. The lowest BCUT2D eigenvalue weighted by Gasteiger charge is -2.37. The Bertz CT molecular complexity index is 519. The summed E-state index contributed by atoms with van der Waals surface area (Å²) < 4.78 is 1.04. The third kappa shape index (κ3) is 4.95. The highest BCUT2D eigenvalue weighted by Gasteiger charge is 2.25. The molecule has 0 atom stereocenters. The Balaban J connectivity index is 1.89. The summed E-state index contributed by atoms with van der Waals surface area (Å²) in [5.41, 5.74) is 1.13. The fourth-order valence-corrected chi connectivity index (χ4v) is 3.61. The molecule has 122 valence electrons. The number of carboxylic acid groups (broad SMARTS) is 1. The molecule has 0 radical (unpaired) electrons. The summed E-state index contributed by atoms with van der Waals surface area (Å²) in [5.74, 6) is -0.745. The Morgan fingerprint density at radius 3 is 2.73 bits per heavy atom. The first-order valence-electron chi connectivity index (χ1n) is 7.61. The molecule has 0 aromatic heterocycles. The molecule has 0 spiro atoms. The van der Waals surface area contributed by atoms with Crippen molar-refractivity contribution in [1.29, 1.82) is 0 Å². The van der Waals surface area contributed by atoms with E-state index in [-0.39, 0.29) is 6.54 Å². The zero-order chi connectivity index (χ0) is 16.1. The van der Waals surface area contributed by atoms with Crippen LogP contribution in [0, 0.1) is 0 Å². The van der Waals surface area contributed by atoms with Crippen molar-refractivity contribution in [1.82, 2.24) is 9.80 Å². The second-order valence-electron chi connectivity index (χ2n) is 5.70. The van der Waals surface area contributed by atoms with Gasteiger partial charge in [-0.05, 0) is 56.2 Å². The van der Waals surface area contributed by atoms with Gasteiger partial charge in [0.15, 0.2) is 0 Å². The van der Waals surface area contributed by atoms with Gasteiger partial charge in [0, 0.05) is 22.1 Å². The predicted octanol–water partition coefficient (Wildman–Crippen LogP) is 3.47. The van der Waals surface area contributed by atoms with Crippen LogP contribution in [0.15, 0.2) is 22.7 Å². The Kier molecular flexibility index (Phi) is 6.68. The van der Waals surface area contributed by atoms with E-state index in [1.165, 1.54) is 0 Å². The lowest BCUT2D eigenvalue weighted by molar-refractivity contribution is -0.139. The molecule has 4 nitrogen and oxygen atoms in total. The third-order valence-electron chi connectivity index (χ3n) is 4.22. The summed E-state index contributed by atoms with van der Waals surface area (Å²) in [5, 5.41) is 9.78. The summed E-state index contributed by atoms with van der Waals surface area (Å²) in [6, 6.07) is 6.30. The number of hydrogen-bond acceptors (Lipinski definition) is 3. The topological polar surface area (TPSA) is 43.8 Å². The molecule has 1 aromatic rings. The molecule has 1 heterocycles. The molecule has 0 unspecified atom stereocenters. The Labute approximate surface area is 145 Å². The molecule has 1 aliphatic heterocycles. The summed E-state index contributed by atoms with van der Waals surface area (Å²) in [6.45, 7) is 5.74. The van der Waals surface area contributed by atoms with Gasteiger partial charge in [0.05, 0.1) is 6.54 Å². The van der Waals surface area contributed by atoms with E-state index in [2.05, 4.69) is 31.8 Å². The second-order valence-corrected chi connectivity index (χ2v) is 7.02. The van der Waals surface area contributed by atoms with Crippen LogP contribution in [0.25, 0.3) is 0 Å². The number of halogens is 2. The molecule has 1 aromatic carbocycles. The van der Waals surface area contributed by atoms with E-state index in [9.17, 15) is 4.79 Å². The molecule has 0 saturated carbocycles. The van der Waals surface area contributed by atoms with Gasteiger partial charge in [0.25, 0.3) is 0 Å². The van der Waals surface area contributed by atoms with Crippen LogP contribution >= 0.6 is 27.5 Å². The maximum atomic E-state index is 10.9. The lowest BCUT2D eigenvalue weighted by atomic mass is 10.0. The van der Waals surface area contributed by atoms with Gasteiger partial charge in [-0.25, -0.2) is 0 Å². The predicted molar refractivity (Wildman–Crippen MR) is 92.3 cm³/mol. The van der Waals surface area contributed by atoms with Crippen LogP contribution in [0.1, 0.15) is 25.3 Å². The minimum absolute atomic E-state index is 0.138. The first kappa shape index (κ1) is 17.7. The van der Waals surface area contributed by atoms with E-state index in [1.54, 1.807) is 0 Å². The van der Waals surface area contributed by atoms with E-state index in [4.69, 9.17) is 16.7 Å². The van der Waals surface area contributed by atoms with E-state index < -0.39 is 5.97 Å². The average Bonchev–Trinajstić information content (AvgIpc) is 2.49. The van der Waals surface area contributed by atoms with Crippen LogP contribution < -0.4 is 0 Å². The zero-order valence-electron chi connectivity index (χ0n) is 12.8. The minimum Gasteiger partial charge on any atom is -0.480 e. The molecule has 0 aliphatic carbocycles. The van der Waals surface area contributed by atoms with Crippen LogP contribution in [-0.2, 0) is 11.3 Å². The molecule has 0 bridgehead atoms. The number of hydrogen-bond donors (Lipinski definition) is 1. The van der Waals surface area contributed by atoms with Gasteiger partial charge in [0.1, 0.15) is 0 Å². The summed E-state index contributed by atoms with van der Waals surface area (Å²) >= 11 is 9.74. The van der Waals surface area contributed by atoms with Gasteiger partial charge in [0.2, 0.25) is 0 Å². The number of likely N-dealkylation sites (tertiary alicyclic amines) is 1. The third-order valence-corrected chi connectivity index (χ3v) is 5.08. The first-order chi connectivity index (χ1) is 10.5. The van der Waals surface area contributed by atoms with Crippen LogP contribution in [0.4, 0.5) is 0 Å². The Hall–Kier alpha value is -0.620. The van der Waals surface area contributed by atoms with Crippen molar-refractivity contribution in [3.05, 3.63) is 33.3 Å². The van der Waals surface area contributed by atoms with Crippen LogP contribution in [0.5, 0.6) is 0 Å². The summed E-state index contributed by atoms with van der Waals surface area (Å²) in [7, 11) is 0. The molecule has 2 rings (SSSR count). The number of aliphatic carboxylic acids is 1. The van der Waals surface area contributed by atoms with Crippen molar-refractivity contribution in [2.75, 3.05) is 26.2 Å². The van der Waals surface area contributed by atoms with E-state index in [0.717, 1.165) is 54.1 Å². The smallest absolute Gasteiger partial charge is 0.317 e. The Morgan fingerprint density at radius 1 is 1.45 bits per heavy atom. The first-order valence-corrected chi connectivity index (χ1v) is 8.78. The van der Waals surface area contributed by atoms with E-state index >= 15 is 0 Å². The van der Waals surface area contributed by atoms with Crippen molar-refractivity contribution < 1.29 is 9.90 Å². The number of benzene rings is 1. The highest BCUT2D eigenvalue weighted by Crippen LogP contribution is 2.24. The normalized spacial score (nSPS) is 17.1. The maximum absolute atomic E-state index is 10.9. The lowest BCUT2D eigenvalue weighted by Crippen LogP contribution is -2.46. The number of carboxylic acids is 1. The molecular weight excluding hydrogens is 368 g/mol. The van der Waals surface area contributed by atoms with Gasteiger partial charge in [-0.15, -0.1) is 0 Å². The zero-order valence-corrected chi connectivity index (χ0v) is 15.1. The van der Waals surface area contributed by atoms with Crippen molar-refractivity contribution in [3.8, 4) is 0 Å². The number of piperidine rings is 1. The van der Waals surface area contributed by atoms with Crippen molar-refractivity contribution in [2.45, 2.75) is 32.4 Å². The molecule has 1 fully saturated rings. The number of nitrogens with zero attached hydrogens (tertiary/aromatic N) is 2. The molecule has 6 heteroatoms. The van der Waals surface area contributed by atoms with E-state index in [0.29, 0.717) is 6.04 Å². The average molecular weight is 390 g/mol. The molecule has 1 N–H and O–H groups in total. The number of rotatable bonds is 6. The van der Waals surface area contributed by atoms with Crippen molar-refractivity contribution >= 4 is 33.5 Å². The van der Waals surface area contributed by atoms with Crippen LogP contribution in [0.3, 0.4) is 0 Å². The largest absolute Gasteiger partial charge is 0.480 e. The second kappa shape index (κ2) is 8.29. The Morgan fingerprint density at radius 2 is 2.14 bits per heavy atom. The quantitative estimate of drug-likeness (QED) is 0.809. The van der Waals surface area contributed by atoms with Gasteiger partial charge in [-0.2, -0.15) is 0 Å². The molecular formula is C16H22BrClN2O2. The maximum Gasteiger partial charge on any atom is 0.317 e. The standard InChI is InChI=1S/C16H22BrClN2O2/c1-2-20(11-16(21)22)14-5-7-19(8-6-14)10-12-9-13(17)3-4-15(12)18/h3-4,9,14H,2,5-8,10-11H2,1H3,(H,21,22). The SMILES string of the molecule is CCN(CC(=O)O)C1CCN(Cc2cc(Br)ccc2Cl)CC1. The summed E-state index contributed by atoms with van der Waals surface area (Å²) in [4.78, 5) is 15.4. The fourth-order valence-electron chi connectivity index (χ4n) is 3.02. The highest BCUT2D eigenvalue weighted by atomic mass is 79.9. The summed E-state index contributed by atoms with van der Waals surface area (Å²) in [6.07, 6.45) is 2.01. The monoisotopic (exact) mass is 388 g/mol. The van der Waals surface area contributed by atoms with E-state index in [1.807, 2.05) is 19.1 Å². The number of likely N-dealkylation sites (N-methyl/N-ethyl adjacent to an activating group) is 1. The molecule has 0 amide bonds. The number of carbonyl (C=O) groups is 1. The van der Waals surface area contributed by atoms with Gasteiger partial charge < -0.3 is 5.11 Å². The molecule has 1 aliphatic rings. The van der Waals surface area contributed by atoms with Crippen molar-refractivity contribution in [2.24, 2.45) is 0 Å². The van der Waals surface area contributed by atoms with Crippen molar-refractivity contribution in [3.63, 3.8) is 0 Å². The molecule has 1 saturated heterocycles. The molecule has 22 heavy (non-hydrogen) atoms. The highest BCUT2D eigenvalue weighted by molar-refractivity contribution is 9.10. The van der Waals surface area contributed by atoms with Gasteiger partial charge in [-0.3, -0.25) is 14.6 Å². The minimum atomic E-state index is -0.745.